The molecule has 0 radical (unpaired) electrons. The minimum atomic E-state index is -0.883. The van der Waals surface area contributed by atoms with E-state index in [0.29, 0.717) is 19.4 Å². The lowest BCUT2D eigenvalue weighted by Crippen LogP contribution is -2.50. The summed E-state index contributed by atoms with van der Waals surface area (Å²) in [6, 6.07) is 0. The number of epoxide rings is 1. The van der Waals surface area contributed by atoms with Crippen molar-refractivity contribution in [1.29, 1.82) is 0 Å². The fourth-order valence-corrected chi connectivity index (χ4v) is 3.06. The summed E-state index contributed by atoms with van der Waals surface area (Å²) in [5, 5.41) is 30.0. The van der Waals surface area contributed by atoms with Crippen molar-refractivity contribution in [2.24, 2.45) is 11.8 Å². The van der Waals surface area contributed by atoms with Crippen molar-refractivity contribution in [3.05, 3.63) is 12.2 Å². The molecule has 2 heterocycles. The van der Waals surface area contributed by atoms with Crippen LogP contribution in [0.3, 0.4) is 0 Å². The van der Waals surface area contributed by atoms with Crippen LogP contribution in [0.5, 0.6) is 0 Å². The molecule has 8 atom stereocenters. The molecule has 5 heteroatoms. The van der Waals surface area contributed by atoms with Crippen LogP contribution in [0.2, 0.25) is 0 Å². The smallest absolute Gasteiger partial charge is 0.107 e. The standard InChI is InChI=1S/C16H28O5/c1-8(2)5-12-15(19)14(18)11(7-20-12)6-13-16(21-13)9(3)10(4)17/h9-19H,1,5-7H2,2-4H3/t9-,10-,11-,12-,13-,14+,15-,16?/m0/s1. The molecule has 0 bridgehead atoms. The van der Waals surface area contributed by atoms with E-state index in [-0.39, 0.29) is 30.1 Å². The molecule has 0 aromatic carbocycles. The maximum Gasteiger partial charge on any atom is 0.107 e. The Morgan fingerprint density at radius 1 is 1.24 bits per heavy atom. The predicted octanol–water partition coefficient (Wildman–Crippen LogP) is 0.864. The summed E-state index contributed by atoms with van der Waals surface area (Å²) in [5.74, 6) is -0.0460. The first-order chi connectivity index (χ1) is 9.81. The average molecular weight is 300 g/mol. The molecule has 0 spiro atoms. The molecule has 0 aromatic rings. The number of hydrogen-bond donors (Lipinski definition) is 3. The molecule has 21 heavy (non-hydrogen) atoms. The fraction of sp³-hybridized carbons (Fsp3) is 0.875. The molecule has 2 saturated heterocycles. The van der Waals surface area contributed by atoms with Crippen LogP contribution in [-0.2, 0) is 9.47 Å². The van der Waals surface area contributed by atoms with E-state index in [1.807, 2.05) is 13.8 Å². The number of aliphatic hydroxyl groups is 3. The van der Waals surface area contributed by atoms with Crippen LogP contribution < -0.4 is 0 Å². The van der Waals surface area contributed by atoms with Gasteiger partial charge in [-0.15, -0.1) is 6.58 Å². The van der Waals surface area contributed by atoms with Gasteiger partial charge in [-0.05, 0) is 26.7 Å². The summed E-state index contributed by atoms with van der Waals surface area (Å²) in [7, 11) is 0. The van der Waals surface area contributed by atoms with Crippen LogP contribution in [0.4, 0.5) is 0 Å². The summed E-state index contributed by atoms with van der Waals surface area (Å²) in [4.78, 5) is 0. The third kappa shape index (κ3) is 4.05. The summed E-state index contributed by atoms with van der Waals surface area (Å²) < 4.78 is 11.3. The van der Waals surface area contributed by atoms with E-state index in [1.165, 1.54) is 0 Å². The topological polar surface area (TPSA) is 82.5 Å². The van der Waals surface area contributed by atoms with Crippen molar-refractivity contribution < 1.29 is 24.8 Å². The normalized spacial score (nSPS) is 42.4. The van der Waals surface area contributed by atoms with Crippen LogP contribution in [0.1, 0.15) is 33.6 Å². The molecule has 2 aliphatic rings. The zero-order valence-electron chi connectivity index (χ0n) is 13.1. The van der Waals surface area contributed by atoms with E-state index in [4.69, 9.17) is 9.47 Å². The molecular weight excluding hydrogens is 272 g/mol. The van der Waals surface area contributed by atoms with Crippen LogP contribution in [0.15, 0.2) is 12.2 Å². The minimum absolute atomic E-state index is 0.0440. The van der Waals surface area contributed by atoms with Gasteiger partial charge in [-0.2, -0.15) is 0 Å². The highest BCUT2D eigenvalue weighted by Gasteiger charge is 2.48. The van der Waals surface area contributed by atoms with E-state index in [9.17, 15) is 15.3 Å². The molecule has 0 aromatic heterocycles. The third-order valence-electron chi connectivity index (χ3n) is 4.72. The largest absolute Gasteiger partial charge is 0.393 e. The second kappa shape index (κ2) is 6.75. The Bertz CT molecular complexity index is 370. The van der Waals surface area contributed by atoms with Gasteiger partial charge in [-0.1, -0.05) is 12.5 Å². The van der Waals surface area contributed by atoms with Gasteiger partial charge in [-0.3, -0.25) is 0 Å². The molecule has 5 nitrogen and oxygen atoms in total. The predicted molar refractivity (Wildman–Crippen MR) is 78.8 cm³/mol. The lowest BCUT2D eigenvalue weighted by Gasteiger charge is -2.37. The molecule has 3 N–H and O–H groups in total. The van der Waals surface area contributed by atoms with E-state index in [2.05, 4.69) is 6.58 Å². The first-order valence-corrected chi connectivity index (χ1v) is 7.77. The van der Waals surface area contributed by atoms with Crippen LogP contribution in [0, 0.1) is 11.8 Å². The lowest BCUT2D eigenvalue weighted by atomic mass is 9.85. The summed E-state index contributed by atoms with van der Waals surface area (Å²) in [6.07, 6.45) is -1.15. The summed E-state index contributed by atoms with van der Waals surface area (Å²) in [5.41, 5.74) is 0.932. The van der Waals surface area contributed by atoms with Gasteiger partial charge in [-0.25, -0.2) is 0 Å². The average Bonchev–Trinajstić information content (AvgIpc) is 3.16. The first-order valence-electron chi connectivity index (χ1n) is 7.77. The highest BCUT2D eigenvalue weighted by atomic mass is 16.6. The Labute approximate surface area is 126 Å². The van der Waals surface area contributed by atoms with Gasteiger partial charge in [0.05, 0.1) is 37.1 Å². The molecule has 122 valence electrons. The van der Waals surface area contributed by atoms with Gasteiger partial charge in [0.1, 0.15) is 6.10 Å². The van der Waals surface area contributed by atoms with Crippen molar-refractivity contribution in [3.8, 4) is 0 Å². The van der Waals surface area contributed by atoms with Gasteiger partial charge in [0.15, 0.2) is 0 Å². The van der Waals surface area contributed by atoms with Crippen molar-refractivity contribution in [1.82, 2.24) is 0 Å². The molecule has 0 saturated carbocycles. The molecule has 2 rings (SSSR count). The van der Waals surface area contributed by atoms with Crippen LogP contribution in [-0.4, -0.2) is 58.6 Å². The Kier molecular flexibility index (Phi) is 5.43. The Morgan fingerprint density at radius 2 is 1.90 bits per heavy atom. The maximum atomic E-state index is 10.3. The number of rotatable bonds is 6. The summed E-state index contributed by atoms with van der Waals surface area (Å²) in [6.45, 7) is 9.84. The Balaban J connectivity index is 1.83. The zero-order valence-corrected chi connectivity index (χ0v) is 13.1. The Morgan fingerprint density at radius 3 is 2.48 bits per heavy atom. The molecule has 2 fully saturated rings. The monoisotopic (exact) mass is 300 g/mol. The van der Waals surface area contributed by atoms with Crippen LogP contribution in [0.25, 0.3) is 0 Å². The second-order valence-electron chi connectivity index (χ2n) is 6.75. The second-order valence-corrected chi connectivity index (χ2v) is 6.75. The minimum Gasteiger partial charge on any atom is -0.393 e. The van der Waals surface area contributed by atoms with E-state index >= 15 is 0 Å². The Hall–Kier alpha value is -0.460. The van der Waals surface area contributed by atoms with E-state index in [1.54, 1.807) is 6.92 Å². The fourth-order valence-electron chi connectivity index (χ4n) is 3.06. The van der Waals surface area contributed by atoms with Crippen molar-refractivity contribution in [2.75, 3.05) is 6.61 Å². The molecule has 2 aliphatic heterocycles. The van der Waals surface area contributed by atoms with Gasteiger partial charge in [0.25, 0.3) is 0 Å². The summed E-state index contributed by atoms with van der Waals surface area (Å²) >= 11 is 0. The van der Waals surface area contributed by atoms with Crippen molar-refractivity contribution in [3.63, 3.8) is 0 Å². The molecular formula is C16H28O5. The van der Waals surface area contributed by atoms with Crippen LogP contribution >= 0.6 is 0 Å². The molecule has 1 unspecified atom stereocenters. The van der Waals surface area contributed by atoms with Gasteiger partial charge < -0.3 is 24.8 Å². The SMILES string of the molecule is C=C(C)C[C@@H]1OC[C@H](C[C@@H]2OC2[C@@H](C)[C@H](C)O)[C@@H](O)[C@H]1O. The zero-order chi connectivity index (χ0) is 15.7. The quantitative estimate of drug-likeness (QED) is 0.501. The number of aliphatic hydroxyl groups excluding tert-OH is 3. The van der Waals surface area contributed by atoms with E-state index < -0.39 is 18.3 Å². The molecule has 0 amide bonds. The van der Waals surface area contributed by atoms with Gasteiger partial charge in [0.2, 0.25) is 0 Å². The first kappa shape index (κ1) is 16.9. The number of hydrogen-bond acceptors (Lipinski definition) is 5. The lowest BCUT2D eigenvalue weighted by molar-refractivity contribution is -0.165. The van der Waals surface area contributed by atoms with Gasteiger partial charge in [0, 0.05) is 11.8 Å². The molecule has 0 aliphatic carbocycles. The van der Waals surface area contributed by atoms with E-state index in [0.717, 1.165) is 5.57 Å². The number of ether oxygens (including phenoxy) is 2. The van der Waals surface area contributed by atoms with Gasteiger partial charge >= 0.3 is 0 Å². The maximum absolute atomic E-state index is 10.3. The van der Waals surface area contributed by atoms with Crippen molar-refractivity contribution >= 4 is 0 Å². The third-order valence-corrected chi connectivity index (χ3v) is 4.72. The highest BCUT2D eigenvalue weighted by molar-refractivity contribution is 4.99. The van der Waals surface area contributed by atoms with Crippen molar-refractivity contribution in [2.45, 2.75) is 70.2 Å². The highest BCUT2D eigenvalue weighted by Crippen LogP contribution is 2.38.